The molecule has 3 aromatic heterocycles. The Kier molecular flexibility index (Phi) is 19.0. The number of ether oxygens (including phenoxy) is 2. The summed E-state index contributed by atoms with van der Waals surface area (Å²) in [7, 11) is 0. The van der Waals surface area contributed by atoms with Crippen LogP contribution < -0.4 is 24.6 Å². The van der Waals surface area contributed by atoms with Crippen molar-refractivity contribution in [2.75, 3.05) is 15.1 Å². The van der Waals surface area contributed by atoms with Gasteiger partial charge in [-0.2, -0.15) is 0 Å². The first kappa shape index (κ1) is 63.9. The molecule has 0 bridgehead atoms. The Hall–Kier alpha value is -6.62. The Labute approximate surface area is 539 Å². The van der Waals surface area contributed by atoms with Crippen LogP contribution in [0, 0.1) is 7.14 Å². The Morgan fingerprint density at radius 1 is 0.407 bits per heavy atom. The minimum absolute atomic E-state index is 0.115. The first-order valence-corrected chi connectivity index (χ1v) is 30.7. The standard InChI is InChI=1S/C43H38BrF3N2O3.C18H19NO.C7H2BrF3I2O/c1-41(2,3)27-15-19-29(20-16-27)48(36-25-50-38-13-9-7-11-32(36)38)34-23-31(52-43(45,46)47)24-35(40(34)44)49(30-21-17-28(18-22-30)42(4,5)6)37-26-51-39-14-10-8-12-33(37)39;1-18(2,3)13-8-10-14(11-9-13)19-16-12-20-17-7-5-4-6-15(16)17;8-6-4(12)1-3(2-5(6)13)14-7(9,10)11/h7-26H,1-6H3;4-12,19H,1-3H3;1-2H. The van der Waals surface area contributed by atoms with Crippen LogP contribution in [0.5, 0.6) is 11.5 Å². The molecule has 8 nitrogen and oxygen atoms in total. The molecule has 0 unspecified atom stereocenters. The number of fused-ring (bicyclic) bond motifs is 3. The Bertz CT molecular complexity index is 3960. The summed E-state index contributed by atoms with van der Waals surface area (Å²) in [6.07, 6.45) is -4.58. The summed E-state index contributed by atoms with van der Waals surface area (Å²) >= 11 is 11.0. The third-order valence-corrected chi connectivity index (χ3v) is 18.7. The van der Waals surface area contributed by atoms with Crippen LogP contribution in [0.15, 0.2) is 211 Å². The highest BCUT2D eigenvalue weighted by Crippen LogP contribution is 2.52. The van der Waals surface area contributed by atoms with E-state index in [4.69, 9.17) is 18.0 Å². The second kappa shape index (κ2) is 25.6. The molecule has 0 aliphatic heterocycles. The zero-order chi connectivity index (χ0) is 62.1. The lowest BCUT2D eigenvalue weighted by atomic mass is 9.87. The van der Waals surface area contributed by atoms with Gasteiger partial charge in [0.15, 0.2) is 0 Å². The number of hydrogen-bond acceptors (Lipinski definition) is 8. The Morgan fingerprint density at radius 3 is 1.13 bits per heavy atom. The number of rotatable bonds is 10. The van der Waals surface area contributed by atoms with Gasteiger partial charge in [-0.05, 0) is 195 Å². The van der Waals surface area contributed by atoms with Crippen LogP contribution in [-0.2, 0) is 16.2 Å². The van der Waals surface area contributed by atoms with Gasteiger partial charge in [-0.15, -0.1) is 26.3 Å². The van der Waals surface area contributed by atoms with E-state index in [1.807, 2.05) is 170 Å². The van der Waals surface area contributed by atoms with Crippen molar-refractivity contribution in [2.45, 2.75) is 91.3 Å². The maximum Gasteiger partial charge on any atom is 0.573 e. The second-order valence-corrected chi connectivity index (χ2v) is 27.1. The van der Waals surface area contributed by atoms with E-state index in [1.54, 1.807) is 18.8 Å². The fourth-order valence-corrected chi connectivity index (χ4v) is 11.9. The molecule has 0 aliphatic carbocycles. The predicted molar refractivity (Wildman–Crippen MR) is 358 cm³/mol. The van der Waals surface area contributed by atoms with Crippen molar-refractivity contribution in [3.8, 4) is 11.5 Å². The van der Waals surface area contributed by atoms with E-state index >= 15 is 0 Å². The summed E-state index contributed by atoms with van der Waals surface area (Å²) in [5.41, 5.74) is 11.3. The fraction of sp³-hybridized carbons (Fsp3) is 0.206. The zero-order valence-corrected chi connectivity index (χ0v) is 55.6. The first-order valence-electron chi connectivity index (χ1n) is 27.0. The van der Waals surface area contributed by atoms with Gasteiger partial charge >= 0.3 is 12.7 Å². The maximum absolute atomic E-state index is 14.1. The molecule has 446 valence electrons. The topological polar surface area (TPSA) is 76.4 Å². The molecule has 3 heterocycles. The molecular formula is C68H59Br2F6I2N3O5. The number of anilines is 8. The molecule has 8 aromatic carbocycles. The van der Waals surface area contributed by atoms with Gasteiger partial charge in [0.05, 0.1) is 32.9 Å². The lowest BCUT2D eigenvalue weighted by Crippen LogP contribution is -2.19. The summed E-state index contributed by atoms with van der Waals surface area (Å²) < 4.78 is 107. The van der Waals surface area contributed by atoms with Crippen LogP contribution in [0.3, 0.4) is 0 Å². The molecule has 0 amide bonds. The summed E-state index contributed by atoms with van der Waals surface area (Å²) in [6.45, 7) is 19.5. The Balaban J connectivity index is 0.000000210. The summed E-state index contributed by atoms with van der Waals surface area (Å²) in [6, 6.07) is 53.2. The van der Waals surface area contributed by atoms with Crippen molar-refractivity contribution in [3.63, 3.8) is 0 Å². The summed E-state index contributed by atoms with van der Waals surface area (Å²) in [5.74, 6) is -0.594. The van der Waals surface area contributed by atoms with E-state index in [1.165, 1.54) is 29.8 Å². The fourth-order valence-electron chi connectivity index (χ4n) is 9.41. The second-order valence-electron chi connectivity index (χ2n) is 23.2. The highest BCUT2D eigenvalue weighted by molar-refractivity contribution is 14.1. The van der Waals surface area contributed by atoms with Crippen molar-refractivity contribution >= 4 is 155 Å². The number of nitrogens with zero attached hydrogens (tertiary/aromatic N) is 2. The lowest BCUT2D eigenvalue weighted by molar-refractivity contribution is -0.275. The summed E-state index contributed by atoms with van der Waals surface area (Å²) in [5, 5.41) is 6.09. The average Bonchev–Trinajstić information content (AvgIpc) is 1.37. The number of benzene rings is 8. The van der Waals surface area contributed by atoms with E-state index in [-0.39, 0.29) is 22.0 Å². The van der Waals surface area contributed by atoms with Crippen LogP contribution in [0.1, 0.15) is 79.0 Å². The van der Waals surface area contributed by atoms with Gasteiger partial charge in [0.1, 0.15) is 47.0 Å². The molecule has 0 saturated heterocycles. The van der Waals surface area contributed by atoms with Crippen molar-refractivity contribution in [2.24, 2.45) is 0 Å². The molecule has 0 fully saturated rings. The van der Waals surface area contributed by atoms with Gasteiger partial charge < -0.3 is 37.8 Å². The molecule has 0 radical (unpaired) electrons. The first-order chi connectivity index (χ1) is 40.4. The van der Waals surface area contributed by atoms with E-state index in [2.05, 4.69) is 135 Å². The van der Waals surface area contributed by atoms with Crippen molar-refractivity contribution in [1.29, 1.82) is 0 Å². The predicted octanol–water partition coefficient (Wildman–Crippen LogP) is 24.4. The zero-order valence-electron chi connectivity index (χ0n) is 48.1. The minimum atomic E-state index is -4.95. The quantitative estimate of drug-likeness (QED) is 0.0825. The Morgan fingerprint density at radius 2 is 0.744 bits per heavy atom. The third kappa shape index (κ3) is 15.4. The molecule has 11 aromatic rings. The monoisotopic (exact) mass is 1520 g/mol. The van der Waals surface area contributed by atoms with Gasteiger partial charge in [-0.25, -0.2) is 0 Å². The minimum Gasteiger partial charge on any atom is -0.462 e. The van der Waals surface area contributed by atoms with E-state index in [9.17, 15) is 26.3 Å². The molecule has 0 spiro atoms. The molecular weight excluding hydrogens is 1470 g/mol. The molecule has 86 heavy (non-hydrogen) atoms. The van der Waals surface area contributed by atoms with Crippen molar-refractivity contribution in [3.05, 3.63) is 221 Å². The molecule has 0 atom stereocenters. The van der Waals surface area contributed by atoms with Gasteiger partial charge in [-0.3, -0.25) is 0 Å². The molecule has 1 N–H and O–H groups in total. The van der Waals surface area contributed by atoms with Gasteiger partial charge in [0.25, 0.3) is 0 Å². The van der Waals surface area contributed by atoms with Crippen LogP contribution in [0.2, 0.25) is 0 Å². The molecule has 0 aliphatic rings. The lowest BCUT2D eigenvalue weighted by Gasteiger charge is -2.31. The van der Waals surface area contributed by atoms with Crippen LogP contribution >= 0.6 is 77.0 Å². The highest BCUT2D eigenvalue weighted by Gasteiger charge is 2.35. The van der Waals surface area contributed by atoms with Gasteiger partial charge in [-0.1, -0.05) is 135 Å². The number of halogens is 10. The molecule has 0 saturated carbocycles. The van der Waals surface area contributed by atoms with Crippen molar-refractivity contribution < 1.29 is 49.1 Å². The number of furan rings is 3. The third-order valence-electron chi connectivity index (χ3n) is 13.8. The molecule has 18 heteroatoms. The number of nitrogens with one attached hydrogen (secondary N) is 1. The number of hydrogen-bond donors (Lipinski definition) is 1. The van der Waals surface area contributed by atoms with Crippen LogP contribution in [-0.4, -0.2) is 12.7 Å². The van der Waals surface area contributed by atoms with E-state index in [0.717, 1.165) is 48.7 Å². The number of alkyl halides is 6. The van der Waals surface area contributed by atoms with Crippen molar-refractivity contribution in [1.82, 2.24) is 0 Å². The van der Waals surface area contributed by atoms with E-state index < -0.39 is 18.5 Å². The van der Waals surface area contributed by atoms with E-state index in [0.29, 0.717) is 56.9 Å². The average molecular weight is 1530 g/mol. The smallest absolute Gasteiger partial charge is 0.462 e. The van der Waals surface area contributed by atoms with Gasteiger partial charge in [0.2, 0.25) is 0 Å². The largest absolute Gasteiger partial charge is 0.573 e. The number of para-hydroxylation sites is 3. The van der Waals surface area contributed by atoms with Crippen LogP contribution in [0.4, 0.5) is 71.8 Å². The SMILES string of the molecule is CC(C)(C)c1ccc(N(c2cc(OC(F)(F)F)cc(N(c3ccc(C(C)(C)C)cc3)c3coc4ccccc34)c2Br)c2coc3ccccc23)cc1.CC(C)(C)c1ccc(Nc2coc3ccccc23)cc1.FC(F)(F)Oc1cc(I)c(Br)c(I)c1. The normalized spacial score (nSPS) is 12.1. The molecule has 11 rings (SSSR count). The highest BCUT2D eigenvalue weighted by atomic mass is 127. The summed E-state index contributed by atoms with van der Waals surface area (Å²) in [4.78, 5) is 3.78. The maximum atomic E-state index is 14.1. The van der Waals surface area contributed by atoms with Gasteiger partial charge in [0, 0.05) is 57.0 Å². The van der Waals surface area contributed by atoms with Crippen LogP contribution in [0.25, 0.3) is 32.9 Å².